The van der Waals surface area contributed by atoms with E-state index in [0.29, 0.717) is 0 Å². The second-order valence-corrected chi connectivity index (χ2v) is 18.0. The van der Waals surface area contributed by atoms with Gasteiger partial charge in [-0.15, -0.1) is 0 Å². The molecule has 0 atom stereocenters. The number of para-hydroxylation sites is 2. The van der Waals surface area contributed by atoms with Gasteiger partial charge in [0.1, 0.15) is 0 Å². The smallest absolute Gasteiger partial charge is 0.0468 e. The summed E-state index contributed by atoms with van der Waals surface area (Å²) in [5.41, 5.74) is 6.69. The van der Waals surface area contributed by atoms with Crippen molar-refractivity contribution in [2.45, 2.75) is 0 Å². The standard InChI is InChI=1S/C66H42N2/c1-3-17-43(18-4-1)67(45-31-35-59-53-25-9-7-21-49(53)51-23-11-13-27-55(51)63(59)39-45)47-33-37-61-62-38-34-48(42-66(62)58-30-16-15-29-57(58)65(61)41-47)68(44-19-5-2-6-20-44)46-32-36-60-54-26-10-8-22-50(54)52-24-12-14-28-56(52)64(60)40-46/h1-42H. The van der Waals surface area contributed by atoms with Gasteiger partial charge < -0.3 is 9.80 Å². The predicted octanol–water partition coefficient (Wildman–Crippen LogP) is 19.0. The van der Waals surface area contributed by atoms with Crippen LogP contribution in [0.4, 0.5) is 34.1 Å². The Bertz CT molecular complexity index is 3960. The molecule has 0 bridgehead atoms. The normalized spacial score (nSPS) is 11.8. The van der Waals surface area contributed by atoms with Crippen LogP contribution in [0.25, 0.3) is 97.0 Å². The molecule has 0 amide bonds. The summed E-state index contributed by atoms with van der Waals surface area (Å²) in [6.45, 7) is 0. The highest BCUT2D eigenvalue weighted by molar-refractivity contribution is 6.29. The van der Waals surface area contributed by atoms with Crippen molar-refractivity contribution >= 4 is 131 Å². The van der Waals surface area contributed by atoms with Gasteiger partial charge in [-0.1, -0.05) is 182 Å². The van der Waals surface area contributed by atoms with Gasteiger partial charge >= 0.3 is 0 Å². The molecular weight excluding hydrogens is 821 g/mol. The Labute approximate surface area is 393 Å². The molecule has 0 fully saturated rings. The predicted molar refractivity (Wildman–Crippen MR) is 293 cm³/mol. The van der Waals surface area contributed by atoms with E-state index in [1.54, 1.807) is 0 Å². The van der Waals surface area contributed by atoms with Crippen LogP contribution in [0.15, 0.2) is 255 Å². The number of rotatable bonds is 6. The number of benzene rings is 14. The van der Waals surface area contributed by atoms with Gasteiger partial charge in [0.2, 0.25) is 0 Å². The second-order valence-electron chi connectivity index (χ2n) is 18.0. The van der Waals surface area contributed by atoms with Crippen LogP contribution in [0.3, 0.4) is 0 Å². The summed E-state index contributed by atoms with van der Waals surface area (Å²) in [7, 11) is 0. The van der Waals surface area contributed by atoms with Crippen LogP contribution in [0, 0.1) is 0 Å². The Morgan fingerprint density at radius 3 is 0.529 bits per heavy atom. The van der Waals surface area contributed by atoms with E-state index in [0.717, 1.165) is 34.1 Å². The van der Waals surface area contributed by atoms with Crippen molar-refractivity contribution in [3.63, 3.8) is 0 Å². The summed E-state index contributed by atoms with van der Waals surface area (Å²) >= 11 is 0. The molecule has 0 unspecified atom stereocenters. The van der Waals surface area contributed by atoms with Gasteiger partial charge in [-0.05, 0) is 170 Å². The van der Waals surface area contributed by atoms with Crippen molar-refractivity contribution in [3.05, 3.63) is 255 Å². The van der Waals surface area contributed by atoms with E-state index >= 15 is 0 Å². The van der Waals surface area contributed by atoms with Crippen LogP contribution in [0.1, 0.15) is 0 Å². The van der Waals surface area contributed by atoms with Gasteiger partial charge in [0, 0.05) is 34.1 Å². The van der Waals surface area contributed by atoms with E-state index in [9.17, 15) is 0 Å². The Balaban J connectivity index is 0.957. The van der Waals surface area contributed by atoms with Crippen molar-refractivity contribution in [1.29, 1.82) is 0 Å². The summed E-state index contributed by atoms with van der Waals surface area (Å²) < 4.78 is 0. The molecule has 0 N–H and O–H groups in total. The molecule has 0 aliphatic heterocycles. The number of hydrogen-bond acceptors (Lipinski definition) is 2. The third kappa shape index (κ3) is 5.91. The SMILES string of the molecule is c1ccc(N(c2ccc3c4ccccc4c4ccccc4c3c2)c2ccc3c4ccc(N(c5ccccc5)c5ccc6c7ccccc7c7ccccc7c6c5)cc4c4ccccc4c3c2)cc1. The first-order chi connectivity index (χ1) is 33.7. The van der Waals surface area contributed by atoms with Crippen LogP contribution in [0.5, 0.6) is 0 Å². The third-order valence-electron chi connectivity index (χ3n) is 14.3. The maximum absolute atomic E-state index is 2.41. The van der Waals surface area contributed by atoms with Crippen LogP contribution < -0.4 is 9.80 Å². The fourth-order valence-electron chi connectivity index (χ4n) is 11.3. The lowest BCUT2D eigenvalue weighted by Gasteiger charge is -2.27. The second kappa shape index (κ2) is 15.3. The molecule has 14 aromatic carbocycles. The minimum atomic E-state index is 1.11. The molecule has 0 aliphatic carbocycles. The molecule has 316 valence electrons. The largest absolute Gasteiger partial charge is 0.310 e. The van der Waals surface area contributed by atoms with Crippen molar-refractivity contribution in [2.24, 2.45) is 0 Å². The Morgan fingerprint density at radius 1 is 0.132 bits per heavy atom. The number of hydrogen-bond donors (Lipinski definition) is 0. The van der Waals surface area contributed by atoms with Crippen LogP contribution in [-0.4, -0.2) is 0 Å². The molecule has 2 nitrogen and oxygen atoms in total. The van der Waals surface area contributed by atoms with E-state index in [-0.39, 0.29) is 0 Å². The fraction of sp³-hybridized carbons (Fsp3) is 0. The lowest BCUT2D eigenvalue weighted by atomic mass is 9.92. The van der Waals surface area contributed by atoms with E-state index in [4.69, 9.17) is 0 Å². The lowest BCUT2D eigenvalue weighted by molar-refractivity contribution is 1.29. The topological polar surface area (TPSA) is 6.48 Å². The summed E-state index contributed by atoms with van der Waals surface area (Å²) in [6.07, 6.45) is 0. The molecule has 14 rings (SSSR count). The lowest BCUT2D eigenvalue weighted by Crippen LogP contribution is -2.10. The zero-order valence-electron chi connectivity index (χ0n) is 37.1. The number of anilines is 6. The van der Waals surface area contributed by atoms with Crippen molar-refractivity contribution in [2.75, 3.05) is 9.80 Å². The average Bonchev–Trinajstić information content (AvgIpc) is 3.42. The highest BCUT2D eigenvalue weighted by Crippen LogP contribution is 2.46. The Kier molecular flexibility index (Phi) is 8.62. The first kappa shape index (κ1) is 38.3. The minimum absolute atomic E-state index is 1.11. The molecular formula is C66H42N2. The zero-order valence-corrected chi connectivity index (χ0v) is 37.1. The van der Waals surface area contributed by atoms with E-state index < -0.39 is 0 Å². The first-order valence-electron chi connectivity index (χ1n) is 23.5. The van der Waals surface area contributed by atoms with E-state index in [1.165, 1.54) is 97.0 Å². The van der Waals surface area contributed by atoms with Crippen molar-refractivity contribution in [1.82, 2.24) is 0 Å². The highest BCUT2D eigenvalue weighted by atomic mass is 15.1. The van der Waals surface area contributed by atoms with Gasteiger partial charge in [0.05, 0.1) is 0 Å². The van der Waals surface area contributed by atoms with Crippen LogP contribution >= 0.6 is 0 Å². The molecule has 0 aromatic heterocycles. The molecule has 0 spiro atoms. The maximum atomic E-state index is 2.41. The summed E-state index contributed by atoms with van der Waals surface area (Å²) in [6, 6.07) is 93.9. The minimum Gasteiger partial charge on any atom is -0.310 e. The Morgan fingerprint density at radius 2 is 0.309 bits per heavy atom. The van der Waals surface area contributed by atoms with Crippen LogP contribution in [0.2, 0.25) is 0 Å². The van der Waals surface area contributed by atoms with Gasteiger partial charge in [0.15, 0.2) is 0 Å². The van der Waals surface area contributed by atoms with E-state index in [2.05, 4.69) is 265 Å². The number of nitrogens with zero attached hydrogens (tertiary/aromatic N) is 2. The molecule has 0 saturated carbocycles. The monoisotopic (exact) mass is 862 g/mol. The third-order valence-corrected chi connectivity index (χ3v) is 14.3. The summed E-state index contributed by atoms with van der Waals surface area (Å²) in [5, 5.41) is 22.6. The van der Waals surface area contributed by atoms with Gasteiger partial charge in [-0.3, -0.25) is 0 Å². The molecule has 2 heteroatoms. The fourth-order valence-corrected chi connectivity index (χ4v) is 11.3. The summed E-state index contributed by atoms with van der Waals surface area (Å²) in [4.78, 5) is 4.83. The molecule has 0 radical (unpaired) electrons. The molecule has 0 heterocycles. The quantitative estimate of drug-likeness (QED) is 0.154. The molecule has 68 heavy (non-hydrogen) atoms. The molecule has 0 saturated heterocycles. The van der Waals surface area contributed by atoms with Gasteiger partial charge in [0.25, 0.3) is 0 Å². The molecule has 0 aliphatic rings. The average molecular weight is 863 g/mol. The van der Waals surface area contributed by atoms with Gasteiger partial charge in [-0.25, -0.2) is 0 Å². The maximum Gasteiger partial charge on any atom is 0.0468 e. The first-order valence-corrected chi connectivity index (χ1v) is 23.5. The van der Waals surface area contributed by atoms with Crippen LogP contribution in [-0.2, 0) is 0 Å². The molecule has 14 aromatic rings. The van der Waals surface area contributed by atoms with Crippen molar-refractivity contribution < 1.29 is 0 Å². The van der Waals surface area contributed by atoms with Gasteiger partial charge in [-0.2, -0.15) is 0 Å². The summed E-state index contributed by atoms with van der Waals surface area (Å²) in [5.74, 6) is 0. The highest BCUT2D eigenvalue weighted by Gasteiger charge is 2.20. The van der Waals surface area contributed by atoms with E-state index in [1.807, 2.05) is 0 Å². The zero-order chi connectivity index (χ0) is 44.7. The van der Waals surface area contributed by atoms with Crippen molar-refractivity contribution in [3.8, 4) is 0 Å². The Hall–Kier alpha value is -8.98. The number of fused-ring (bicyclic) bond motifs is 18.